The first kappa shape index (κ1) is 22.0. The van der Waals surface area contributed by atoms with Crippen LogP contribution in [0.15, 0.2) is 24.3 Å². The molecular formula is C19H23ClN2O6. The molecule has 2 unspecified atom stereocenters. The van der Waals surface area contributed by atoms with Crippen molar-refractivity contribution in [3.63, 3.8) is 0 Å². The van der Waals surface area contributed by atoms with Crippen LogP contribution < -0.4 is 17.3 Å². The fourth-order valence-electron chi connectivity index (χ4n) is 4.13. The molecule has 1 aromatic carbocycles. The Hall–Kier alpha value is -2.32. The standard InChI is InChI=1S/C19H22N2O6.ClH/c1-2-27-19(24)15(11-16-18(23)13-7-9-20(16)10-8-13)17(22)12-3-5-14(6-4-12)21(25)26;/h3-6,13,15-16H,2,7-11H2,1H3;1H. The van der Waals surface area contributed by atoms with Crippen LogP contribution in [-0.4, -0.2) is 48.2 Å². The van der Waals surface area contributed by atoms with Crippen LogP contribution in [0.3, 0.4) is 0 Å². The monoisotopic (exact) mass is 410 g/mol. The molecule has 3 heterocycles. The number of non-ortho nitro benzene ring substituents is 1. The summed E-state index contributed by atoms with van der Waals surface area (Å²) in [5, 5.41) is 10.8. The number of carbonyl (C=O) groups is 3. The van der Waals surface area contributed by atoms with Gasteiger partial charge in [-0.2, -0.15) is 0 Å². The zero-order chi connectivity index (χ0) is 19.6. The highest BCUT2D eigenvalue weighted by molar-refractivity contribution is 6.09. The number of halogens is 1. The molecule has 2 atom stereocenters. The number of esters is 1. The molecule has 3 aliphatic heterocycles. The maximum atomic E-state index is 12.9. The van der Waals surface area contributed by atoms with Crippen LogP contribution in [0.1, 0.15) is 36.5 Å². The summed E-state index contributed by atoms with van der Waals surface area (Å²) in [6, 6.07) is 4.79. The highest BCUT2D eigenvalue weighted by Gasteiger charge is 2.47. The van der Waals surface area contributed by atoms with Crippen LogP contribution in [0.25, 0.3) is 0 Å². The number of nitro benzene ring substituents is 1. The molecule has 1 aromatic rings. The Morgan fingerprint density at radius 1 is 1.25 bits per heavy atom. The number of nitro groups is 1. The van der Waals surface area contributed by atoms with Gasteiger partial charge >= 0.3 is 5.97 Å². The van der Waals surface area contributed by atoms with Crippen molar-refractivity contribution in [2.75, 3.05) is 19.7 Å². The minimum Gasteiger partial charge on any atom is -1.00 e. The zero-order valence-electron chi connectivity index (χ0n) is 15.6. The average Bonchev–Trinajstić information content (AvgIpc) is 2.68. The number of hydrogen-bond donors (Lipinski definition) is 1. The second kappa shape index (κ2) is 9.25. The van der Waals surface area contributed by atoms with Gasteiger partial charge in [0.05, 0.1) is 24.6 Å². The minimum atomic E-state index is -1.08. The predicted molar refractivity (Wildman–Crippen MR) is 94.4 cm³/mol. The molecule has 3 saturated heterocycles. The number of carbonyl (C=O) groups excluding carboxylic acids is 3. The number of nitrogens with zero attached hydrogens (tertiary/aromatic N) is 1. The van der Waals surface area contributed by atoms with Gasteiger partial charge in [-0.1, -0.05) is 0 Å². The van der Waals surface area contributed by atoms with E-state index >= 15 is 0 Å². The molecule has 4 rings (SSSR count). The van der Waals surface area contributed by atoms with Gasteiger partial charge in [-0.3, -0.25) is 24.5 Å². The van der Waals surface area contributed by atoms with Gasteiger partial charge in [-0.05, 0) is 19.1 Å². The summed E-state index contributed by atoms with van der Waals surface area (Å²) in [6.45, 7) is 3.55. The molecule has 1 N–H and O–H groups in total. The van der Waals surface area contributed by atoms with Gasteiger partial charge in [0.25, 0.3) is 5.69 Å². The third kappa shape index (κ3) is 4.39. The number of fused-ring (bicyclic) bond motifs is 3. The summed E-state index contributed by atoms with van der Waals surface area (Å²) in [6.07, 6.45) is 1.86. The van der Waals surface area contributed by atoms with Gasteiger partial charge in [-0.25, -0.2) is 0 Å². The minimum absolute atomic E-state index is 0. The van der Waals surface area contributed by atoms with Gasteiger partial charge in [0.2, 0.25) is 0 Å². The van der Waals surface area contributed by atoms with E-state index in [0.717, 1.165) is 30.8 Å². The van der Waals surface area contributed by atoms with Crippen molar-refractivity contribution in [3.05, 3.63) is 39.9 Å². The molecule has 0 spiro atoms. The smallest absolute Gasteiger partial charge is 0.317 e. The molecule has 28 heavy (non-hydrogen) atoms. The fourth-order valence-corrected chi connectivity index (χ4v) is 4.13. The normalized spacial score (nSPS) is 24.2. The molecule has 0 amide bonds. The summed E-state index contributed by atoms with van der Waals surface area (Å²) in [5.74, 6) is -2.01. The molecule has 0 aromatic heterocycles. The molecule has 3 aliphatic rings. The largest absolute Gasteiger partial charge is 1.00 e. The number of quaternary nitrogens is 1. The van der Waals surface area contributed by atoms with E-state index in [1.165, 1.54) is 24.3 Å². The van der Waals surface area contributed by atoms with Crippen molar-refractivity contribution < 1.29 is 41.4 Å². The summed E-state index contributed by atoms with van der Waals surface area (Å²) < 4.78 is 5.08. The maximum Gasteiger partial charge on any atom is 0.317 e. The van der Waals surface area contributed by atoms with Crippen LogP contribution in [0.2, 0.25) is 0 Å². The van der Waals surface area contributed by atoms with E-state index in [-0.39, 0.29) is 54.4 Å². The van der Waals surface area contributed by atoms with Crippen LogP contribution >= 0.6 is 0 Å². The van der Waals surface area contributed by atoms with E-state index in [2.05, 4.69) is 0 Å². The van der Waals surface area contributed by atoms with Crippen LogP contribution in [0, 0.1) is 22.0 Å². The van der Waals surface area contributed by atoms with E-state index < -0.39 is 22.6 Å². The van der Waals surface area contributed by atoms with Crippen molar-refractivity contribution in [2.45, 2.75) is 32.2 Å². The van der Waals surface area contributed by atoms with E-state index in [9.17, 15) is 24.5 Å². The third-order valence-electron chi connectivity index (χ3n) is 5.59. The summed E-state index contributed by atoms with van der Waals surface area (Å²) in [4.78, 5) is 49.4. The Kier molecular flexibility index (Phi) is 7.26. The van der Waals surface area contributed by atoms with Crippen molar-refractivity contribution in [3.8, 4) is 0 Å². The Morgan fingerprint density at radius 3 is 2.36 bits per heavy atom. The van der Waals surface area contributed by atoms with Gasteiger partial charge in [0.15, 0.2) is 11.6 Å². The Bertz CT molecular complexity index is 758. The molecule has 3 fully saturated rings. The SMILES string of the molecule is CCOC(=O)C(CC1C(=O)C2CC[NH+]1CC2)C(=O)c1ccc([N+](=O)[O-])cc1.[Cl-]. The lowest BCUT2D eigenvalue weighted by Gasteiger charge is -2.41. The molecule has 0 radical (unpaired) electrons. The number of piperidine rings is 3. The zero-order valence-corrected chi connectivity index (χ0v) is 16.3. The quantitative estimate of drug-likeness (QED) is 0.176. The molecule has 9 heteroatoms. The van der Waals surface area contributed by atoms with E-state index in [0.29, 0.717) is 0 Å². The van der Waals surface area contributed by atoms with Crippen LogP contribution in [0.4, 0.5) is 5.69 Å². The molecule has 2 bridgehead atoms. The highest BCUT2D eigenvalue weighted by atomic mass is 35.5. The molecular weight excluding hydrogens is 388 g/mol. The highest BCUT2D eigenvalue weighted by Crippen LogP contribution is 2.24. The number of nitrogens with one attached hydrogen (secondary N) is 1. The predicted octanol–water partition coefficient (Wildman–Crippen LogP) is -2.40. The first-order valence-corrected chi connectivity index (χ1v) is 9.26. The van der Waals surface area contributed by atoms with E-state index in [1.807, 2.05) is 0 Å². The van der Waals surface area contributed by atoms with Crippen molar-refractivity contribution in [1.82, 2.24) is 0 Å². The van der Waals surface area contributed by atoms with Crippen molar-refractivity contribution in [2.24, 2.45) is 11.8 Å². The lowest BCUT2D eigenvalue weighted by molar-refractivity contribution is -0.928. The lowest BCUT2D eigenvalue weighted by Crippen LogP contribution is -3.20. The maximum absolute atomic E-state index is 12.9. The van der Waals surface area contributed by atoms with Crippen molar-refractivity contribution in [1.29, 1.82) is 0 Å². The number of hydrogen-bond acceptors (Lipinski definition) is 6. The van der Waals surface area contributed by atoms with Gasteiger partial charge in [0, 0.05) is 42.9 Å². The van der Waals surface area contributed by atoms with E-state index in [4.69, 9.17) is 4.74 Å². The number of rotatable bonds is 7. The first-order chi connectivity index (χ1) is 12.9. The van der Waals surface area contributed by atoms with E-state index in [1.54, 1.807) is 6.92 Å². The molecule has 0 saturated carbocycles. The molecule has 8 nitrogen and oxygen atoms in total. The number of ketones is 2. The molecule has 0 aliphatic carbocycles. The first-order valence-electron chi connectivity index (χ1n) is 9.26. The Balaban J connectivity index is 0.00000280. The second-order valence-electron chi connectivity index (χ2n) is 7.10. The van der Waals surface area contributed by atoms with Crippen LogP contribution in [-0.2, 0) is 14.3 Å². The van der Waals surface area contributed by atoms with Crippen molar-refractivity contribution >= 4 is 23.2 Å². The van der Waals surface area contributed by atoms with Gasteiger partial charge in [0.1, 0.15) is 12.0 Å². The Morgan fingerprint density at radius 2 is 1.86 bits per heavy atom. The second-order valence-corrected chi connectivity index (χ2v) is 7.10. The topological polar surface area (TPSA) is 108 Å². The third-order valence-corrected chi connectivity index (χ3v) is 5.59. The molecule has 152 valence electrons. The Labute approximate surface area is 168 Å². The lowest BCUT2D eigenvalue weighted by atomic mass is 9.78. The average molecular weight is 411 g/mol. The number of benzene rings is 1. The van der Waals surface area contributed by atoms with Gasteiger partial charge in [-0.15, -0.1) is 0 Å². The summed E-state index contributed by atoms with van der Waals surface area (Å²) in [5.41, 5.74) is 0.0756. The summed E-state index contributed by atoms with van der Waals surface area (Å²) in [7, 11) is 0. The van der Waals surface area contributed by atoms with Gasteiger partial charge < -0.3 is 22.0 Å². The summed E-state index contributed by atoms with van der Waals surface area (Å²) >= 11 is 0. The van der Waals surface area contributed by atoms with Crippen LogP contribution in [0.5, 0.6) is 0 Å². The number of Topliss-reactive ketones (excluding diaryl/α,β-unsaturated/α-hetero) is 2. The number of ether oxygens (including phenoxy) is 1. The fraction of sp³-hybridized carbons (Fsp3) is 0.526.